The molecule has 0 aromatic carbocycles. The van der Waals surface area contributed by atoms with E-state index in [1.165, 1.54) is 6.07 Å². The lowest BCUT2D eigenvalue weighted by molar-refractivity contribution is 0.145. The quantitative estimate of drug-likeness (QED) is 0.803. The zero-order valence-corrected chi connectivity index (χ0v) is 9.63. The number of aromatic nitrogens is 1. The van der Waals surface area contributed by atoms with Gasteiger partial charge < -0.3 is 0 Å². The van der Waals surface area contributed by atoms with Gasteiger partial charge in [-0.2, -0.15) is 10.5 Å². The lowest BCUT2D eigenvalue weighted by Crippen LogP contribution is -2.03. The van der Waals surface area contributed by atoms with Crippen molar-refractivity contribution in [3.8, 4) is 12.1 Å². The molecule has 82 valence electrons. The van der Waals surface area contributed by atoms with Gasteiger partial charge in [-0.3, -0.25) is 0 Å². The van der Waals surface area contributed by atoms with Gasteiger partial charge in [-0.25, -0.2) is 13.8 Å². The van der Waals surface area contributed by atoms with Gasteiger partial charge >= 0.3 is 0 Å². The van der Waals surface area contributed by atoms with Crippen molar-refractivity contribution in [2.45, 2.75) is 18.2 Å². The largest absolute Gasteiger partial charge is 0.280 e. The Morgan fingerprint density at radius 3 is 2.56 bits per heavy atom. The maximum absolute atomic E-state index is 12.6. The summed E-state index contributed by atoms with van der Waals surface area (Å²) < 4.78 is 25.3. The van der Waals surface area contributed by atoms with Crippen LogP contribution in [0.3, 0.4) is 0 Å². The minimum absolute atomic E-state index is 0.110. The molecule has 0 aliphatic heterocycles. The van der Waals surface area contributed by atoms with Crippen molar-refractivity contribution in [1.82, 2.24) is 4.98 Å². The maximum Gasteiger partial charge on any atom is 0.280 e. The van der Waals surface area contributed by atoms with E-state index < -0.39 is 12.1 Å². The van der Waals surface area contributed by atoms with Crippen LogP contribution in [0.15, 0.2) is 6.07 Å². The minimum atomic E-state index is -2.74. The van der Waals surface area contributed by atoms with E-state index in [1.807, 2.05) is 6.07 Å². The molecule has 3 nitrogen and oxygen atoms in total. The van der Waals surface area contributed by atoms with Crippen LogP contribution < -0.4 is 0 Å². The van der Waals surface area contributed by atoms with Gasteiger partial charge in [-0.1, -0.05) is 15.9 Å². The van der Waals surface area contributed by atoms with Gasteiger partial charge in [-0.05, 0) is 11.6 Å². The molecule has 0 saturated heterocycles. The van der Waals surface area contributed by atoms with Crippen LogP contribution in [0.1, 0.15) is 28.9 Å². The van der Waals surface area contributed by atoms with Crippen LogP contribution in [-0.4, -0.2) is 4.98 Å². The van der Waals surface area contributed by atoms with Crippen molar-refractivity contribution in [3.05, 3.63) is 28.6 Å². The monoisotopic (exact) mass is 285 g/mol. The Morgan fingerprint density at radius 2 is 2.12 bits per heavy atom. The molecule has 0 unspecified atom stereocenters. The number of pyridine rings is 1. The Hall–Kier alpha value is -1.53. The van der Waals surface area contributed by atoms with E-state index in [0.29, 0.717) is 0 Å². The van der Waals surface area contributed by atoms with E-state index >= 15 is 0 Å². The summed E-state index contributed by atoms with van der Waals surface area (Å²) >= 11 is 3.07. The highest BCUT2D eigenvalue weighted by molar-refractivity contribution is 9.08. The summed E-state index contributed by atoms with van der Waals surface area (Å²) in [6.07, 6.45) is -2.92. The van der Waals surface area contributed by atoms with Crippen LogP contribution in [0.4, 0.5) is 8.78 Å². The Labute approximate surface area is 99.5 Å². The molecule has 0 aliphatic rings. The molecular weight excluding hydrogens is 280 g/mol. The molecule has 0 N–H and O–H groups in total. The predicted molar refractivity (Wildman–Crippen MR) is 55.9 cm³/mol. The topological polar surface area (TPSA) is 60.5 Å². The van der Waals surface area contributed by atoms with Crippen LogP contribution in [0, 0.1) is 22.7 Å². The molecule has 0 fully saturated rings. The molecule has 0 amide bonds. The highest BCUT2D eigenvalue weighted by Crippen LogP contribution is 2.24. The van der Waals surface area contributed by atoms with Crippen molar-refractivity contribution in [2.24, 2.45) is 0 Å². The third-order valence-corrected chi connectivity index (χ3v) is 2.47. The van der Waals surface area contributed by atoms with Crippen molar-refractivity contribution < 1.29 is 8.78 Å². The van der Waals surface area contributed by atoms with E-state index in [0.717, 1.165) is 0 Å². The number of nitrogens with zero attached hydrogens (tertiary/aromatic N) is 3. The van der Waals surface area contributed by atoms with Crippen molar-refractivity contribution in [2.75, 3.05) is 0 Å². The van der Waals surface area contributed by atoms with Crippen molar-refractivity contribution >= 4 is 15.9 Å². The van der Waals surface area contributed by atoms with Gasteiger partial charge in [0.2, 0.25) is 0 Å². The highest BCUT2D eigenvalue weighted by Gasteiger charge is 2.18. The second-order valence-corrected chi connectivity index (χ2v) is 3.47. The molecule has 1 rings (SSSR count). The Kier molecular flexibility index (Phi) is 4.33. The summed E-state index contributed by atoms with van der Waals surface area (Å²) in [5.74, 6) is 0. The molecule has 0 atom stereocenters. The summed E-state index contributed by atoms with van der Waals surface area (Å²) in [5, 5.41) is 17.5. The Bertz CT molecular complexity index is 474. The maximum atomic E-state index is 12.6. The minimum Gasteiger partial charge on any atom is -0.249 e. The third-order valence-electron chi connectivity index (χ3n) is 1.94. The van der Waals surface area contributed by atoms with Crippen molar-refractivity contribution in [1.29, 1.82) is 10.5 Å². The summed E-state index contributed by atoms with van der Waals surface area (Å²) in [5.41, 5.74) is 0.166. The van der Waals surface area contributed by atoms with Crippen molar-refractivity contribution in [3.63, 3.8) is 0 Å². The number of alkyl halides is 3. The number of rotatable bonds is 3. The fraction of sp³-hybridized carbons (Fsp3) is 0.300. The molecule has 1 aromatic heterocycles. The standard InChI is InChI=1S/C10H6BrF2N3/c11-4-8-7(5-15)3-6(1-2-14)9(16-8)10(12)13/h3,10H,1,4H2. The second-order valence-electron chi connectivity index (χ2n) is 2.91. The first-order chi connectivity index (χ1) is 7.63. The smallest absolute Gasteiger partial charge is 0.249 e. The summed E-state index contributed by atoms with van der Waals surface area (Å²) in [7, 11) is 0. The van der Waals surface area contributed by atoms with Gasteiger partial charge in [0.25, 0.3) is 6.43 Å². The molecule has 0 radical (unpaired) electrons. The average molecular weight is 286 g/mol. The Balaban J connectivity index is 3.38. The molecule has 0 spiro atoms. The van der Waals surface area contributed by atoms with Gasteiger partial charge in [-0.15, -0.1) is 0 Å². The van der Waals surface area contributed by atoms with E-state index in [2.05, 4.69) is 20.9 Å². The summed E-state index contributed by atoms with van der Waals surface area (Å²) in [6.45, 7) is 0. The molecular formula is C10H6BrF2N3. The van der Waals surface area contributed by atoms with Gasteiger partial charge in [0.05, 0.1) is 23.7 Å². The fourth-order valence-corrected chi connectivity index (χ4v) is 1.65. The molecule has 1 heterocycles. The first-order valence-corrected chi connectivity index (χ1v) is 5.40. The summed E-state index contributed by atoms with van der Waals surface area (Å²) in [6, 6.07) is 4.94. The first-order valence-electron chi connectivity index (χ1n) is 4.27. The lowest BCUT2D eigenvalue weighted by atomic mass is 10.1. The van der Waals surface area contributed by atoms with Gasteiger partial charge in [0.15, 0.2) is 0 Å². The molecule has 6 heteroatoms. The lowest BCUT2D eigenvalue weighted by Gasteiger charge is -2.08. The fourth-order valence-electron chi connectivity index (χ4n) is 1.22. The van der Waals surface area contributed by atoms with Crippen LogP contribution in [0.2, 0.25) is 0 Å². The van der Waals surface area contributed by atoms with E-state index in [4.69, 9.17) is 10.5 Å². The normalized spacial score (nSPS) is 9.88. The predicted octanol–water partition coefficient (Wildman–Crippen LogP) is 2.85. The highest BCUT2D eigenvalue weighted by atomic mass is 79.9. The number of hydrogen-bond donors (Lipinski definition) is 0. The first kappa shape index (κ1) is 12.5. The molecule has 0 aliphatic carbocycles. The zero-order chi connectivity index (χ0) is 12.1. The zero-order valence-electron chi connectivity index (χ0n) is 8.04. The number of nitriles is 2. The van der Waals surface area contributed by atoms with Crippen LogP contribution >= 0.6 is 15.9 Å². The number of halogens is 3. The van der Waals surface area contributed by atoms with Crippen LogP contribution in [0.5, 0.6) is 0 Å². The number of hydrogen-bond acceptors (Lipinski definition) is 3. The van der Waals surface area contributed by atoms with Crippen LogP contribution in [0.25, 0.3) is 0 Å². The van der Waals surface area contributed by atoms with E-state index in [9.17, 15) is 8.78 Å². The Morgan fingerprint density at radius 1 is 1.44 bits per heavy atom. The van der Waals surface area contributed by atoms with E-state index in [-0.39, 0.29) is 28.6 Å². The summed E-state index contributed by atoms with van der Waals surface area (Å²) in [4.78, 5) is 3.71. The second kappa shape index (κ2) is 5.53. The molecule has 1 aromatic rings. The van der Waals surface area contributed by atoms with Crippen LogP contribution in [-0.2, 0) is 11.8 Å². The molecule has 0 bridgehead atoms. The SMILES string of the molecule is N#CCc1cc(C#N)c(CBr)nc1C(F)F. The van der Waals surface area contributed by atoms with E-state index in [1.54, 1.807) is 6.07 Å². The average Bonchev–Trinajstić information content (AvgIpc) is 2.28. The van der Waals surface area contributed by atoms with Gasteiger partial charge in [0, 0.05) is 5.33 Å². The third kappa shape index (κ3) is 2.53. The molecule has 16 heavy (non-hydrogen) atoms. The van der Waals surface area contributed by atoms with Gasteiger partial charge in [0.1, 0.15) is 11.8 Å². The molecule has 0 saturated carbocycles.